The Morgan fingerprint density at radius 3 is 2.72 bits per heavy atom. The number of H-pyrrole nitrogens is 1. The highest BCUT2D eigenvalue weighted by molar-refractivity contribution is 7.71. The van der Waals surface area contributed by atoms with Crippen LogP contribution in [-0.4, -0.2) is 9.55 Å². The second-order valence-electron chi connectivity index (χ2n) is 4.24. The summed E-state index contributed by atoms with van der Waals surface area (Å²) in [7, 11) is 0. The van der Waals surface area contributed by atoms with Crippen LogP contribution in [-0.2, 0) is 0 Å². The van der Waals surface area contributed by atoms with Crippen LogP contribution in [0.1, 0.15) is 5.56 Å². The van der Waals surface area contributed by atoms with Gasteiger partial charge >= 0.3 is 0 Å². The molecule has 1 heterocycles. The first-order valence-electron chi connectivity index (χ1n) is 5.63. The van der Waals surface area contributed by atoms with Crippen molar-refractivity contribution in [2.75, 3.05) is 0 Å². The van der Waals surface area contributed by atoms with Gasteiger partial charge in [0.05, 0.1) is 21.7 Å². The van der Waals surface area contributed by atoms with Crippen LogP contribution in [0, 0.1) is 11.7 Å². The van der Waals surface area contributed by atoms with Crippen molar-refractivity contribution in [1.82, 2.24) is 9.55 Å². The van der Waals surface area contributed by atoms with Crippen LogP contribution in [0.2, 0.25) is 5.02 Å². The SMILES string of the molecule is Cc1ccc2c(c1)[nH]c(=S)n2-c1ccccc1Cl. The monoisotopic (exact) mass is 274 g/mol. The first-order valence-corrected chi connectivity index (χ1v) is 6.42. The number of aryl methyl sites for hydroxylation is 1. The molecule has 18 heavy (non-hydrogen) atoms. The standard InChI is InChI=1S/C14H11ClN2S/c1-9-6-7-13-11(8-9)16-14(18)17(13)12-5-3-2-4-10(12)15/h2-8H,1H3,(H,16,18). The molecular formula is C14H11ClN2S. The molecule has 0 unspecified atom stereocenters. The molecule has 0 fully saturated rings. The Morgan fingerprint density at radius 1 is 1.17 bits per heavy atom. The molecule has 2 aromatic carbocycles. The van der Waals surface area contributed by atoms with Gasteiger partial charge in [-0.25, -0.2) is 0 Å². The molecule has 4 heteroatoms. The summed E-state index contributed by atoms with van der Waals surface area (Å²) < 4.78 is 2.62. The molecule has 0 amide bonds. The lowest BCUT2D eigenvalue weighted by Gasteiger charge is -2.06. The van der Waals surface area contributed by atoms with E-state index < -0.39 is 0 Å². The topological polar surface area (TPSA) is 20.7 Å². The Kier molecular flexibility index (Phi) is 2.73. The number of hydrogen-bond acceptors (Lipinski definition) is 1. The normalized spacial score (nSPS) is 11.0. The van der Waals surface area contributed by atoms with Crippen LogP contribution in [0.4, 0.5) is 0 Å². The molecule has 0 saturated carbocycles. The fourth-order valence-corrected chi connectivity index (χ4v) is 2.62. The molecular weight excluding hydrogens is 264 g/mol. The van der Waals surface area contributed by atoms with Gasteiger partial charge in [-0.1, -0.05) is 29.8 Å². The highest BCUT2D eigenvalue weighted by atomic mass is 35.5. The highest BCUT2D eigenvalue weighted by Gasteiger charge is 2.08. The van der Waals surface area contributed by atoms with E-state index in [9.17, 15) is 0 Å². The van der Waals surface area contributed by atoms with Crippen LogP contribution in [0.3, 0.4) is 0 Å². The predicted molar refractivity (Wildman–Crippen MR) is 78.2 cm³/mol. The summed E-state index contributed by atoms with van der Waals surface area (Å²) in [4.78, 5) is 3.21. The Labute approximate surface area is 115 Å². The van der Waals surface area contributed by atoms with Crippen molar-refractivity contribution in [3.8, 4) is 5.69 Å². The van der Waals surface area contributed by atoms with Gasteiger partial charge in [0.2, 0.25) is 0 Å². The lowest BCUT2D eigenvalue weighted by Crippen LogP contribution is -1.94. The fraction of sp³-hybridized carbons (Fsp3) is 0.0714. The summed E-state index contributed by atoms with van der Waals surface area (Å²) in [5.74, 6) is 0. The molecule has 1 N–H and O–H groups in total. The summed E-state index contributed by atoms with van der Waals surface area (Å²) in [6.45, 7) is 2.06. The Balaban J connectivity index is 2.40. The van der Waals surface area contributed by atoms with Gasteiger partial charge in [0, 0.05) is 0 Å². The molecule has 0 spiro atoms. The maximum Gasteiger partial charge on any atom is 0.182 e. The first-order chi connectivity index (χ1) is 8.66. The summed E-state index contributed by atoms with van der Waals surface area (Å²) in [6, 6.07) is 13.9. The Bertz CT molecular complexity index is 786. The van der Waals surface area contributed by atoms with E-state index in [0.29, 0.717) is 9.79 Å². The number of rotatable bonds is 1. The van der Waals surface area contributed by atoms with Crippen molar-refractivity contribution >= 4 is 34.9 Å². The summed E-state index contributed by atoms with van der Waals surface area (Å²) in [5, 5.41) is 0.690. The second-order valence-corrected chi connectivity index (χ2v) is 5.03. The third-order valence-corrected chi connectivity index (χ3v) is 3.54. The van der Waals surface area contributed by atoms with E-state index in [1.54, 1.807) is 0 Å². The van der Waals surface area contributed by atoms with Gasteiger partial charge in [-0.3, -0.25) is 4.57 Å². The highest BCUT2D eigenvalue weighted by Crippen LogP contribution is 2.25. The van der Waals surface area contributed by atoms with E-state index in [-0.39, 0.29) is 0 Å². The zero-order valence-corrected chi connectivity index (χ0v) is 11.3. The lowest BCUT2D eigenvalue weighted by atomic mass is 10.2. The zero-order valence-electron chi connectivity index (χ0n) is 9.77. The number of para-hydroxylation sites is 1. The van der Waals surface area contributed by atoms with E-state index in [0.717, 1.165) is 16.7 Å². The van der Waals surface area contributed by atoms with Crippen LogP contribution < -0.4 is 0 Å². The van der Waals surface area contributed by atoms with Crippen LogP contribution in [0.15, 0.2) is 42.5 Å². The minimum absolute atomic E-state index is 0.656. The van der Waals surface area contributed by atoms with Crippen LogP contribution >= 0.6 is 23.8 Å². The van der Waals surface area contributed by atoms with E-state index >= 15 is 0 Å². The van der Waals surface area contributed by atoms with Gasteiger partial charge < -0.3 is 4.98 Å². The van der Waals surface area contributed by atoms with Crippen molar-refractivity contribution in [2.24, 2.45) is 0 Å². The third-order valence-electron chi connectivity index (χ3n) is 2.93. The summed E-state index contributed by atoms with van der Waals surface area (Å²) >= 11 is 11.6. The number of fused-ring (bicyclic) bond motifs is 1. The Hall–Kier alpha value is -1.58. The van der Waals surface area contributed by atoms with Gasteiger partial charge in [0.25, 0.3) is 0 Å². The van der Waals surface area contributed by atoms with Crippen molar-refractivity contribution in [2.45, 2.75) is 6.92 Å². The number of imidazole rings is 1. The molecule has 0 aliphatic heterocycles. The van der Waals surface area contributed by atoms with Crippen molar-refractivity contribution in [1.29, 1.82) is 0 Å². The average Bonchev–Trinajstić information content (AvgIpc) is 2.65. The van der Waals surface area contributed by atoms with Gasteiger partial charge in [-0.05, 0) is 49.0 Å². The van der Waals surface area contributed by atoms with Crippen molar-refractivity contribution in [3.05, 3.63) is 57.8 Å². The quantitative estimate of drug-likeness (QED) is 0.641. The second kappa shape index (κ2) is 4.26. The molecule has 3 aromatic rings. The van der Waals surface area contributed by atoms with Gasteiger partial charge in [-0.2, -0.15) is 0 Å². The molecule has 2 nitrogen and oxygen atoms in total. The van der Waals surface area contributed by atoms with Crippen molar-refractivity contribution in [3.63, 3.8) is 0 Å². The predicted octanol–water partition coefficient (Wildman–Crippen LogP) is 4.65. The molecule has 3 rings (SSSR count). The van der Waals surface area contributed by atoms with Crippen LogP contribution in [0.5, 0.6) is 0 Å². The van der Waals surface area contributed by atoms with Gasteiger partial charge in [-0.15, -0.1) is 0 Å². The minimum Gasteiger partial charge on any atom is -0.330 e. The molecule has 0 bridgehead atoms. The molecule has 0 radical (unpaired) electrons. The number of halogens is 1. The number of hydrogen-bond donors (Lipinski definition) is 1. The molecule has 90 valence electrons. The summed E-state index contributed by atoms with van der Waals surface area (Å²) in [6.07, 6.45) is 0. The Morgan fingerprint density at radius 2 is 1.94 bits per heavy atom. The minimum atomic E-state index is 0.656. The van der Waals surface area contributed by atoms with Crippen LogP contribution in [0.25, 0.3) is 16.7 Å². The number of nitrogens with one attached hydrogen (secondary N) is 1. The number of aromatic nitrogens is 2. The van der Waals surface area contributed by atoms with E-state index in [4.69, 9.17) is 23.8 Å². The number of aromatic amines is 1. The maximum atomic E-state index is 6.24. The van der Waals surface area contributed by atoms with E-state index in [1.807, 2.05) is 28.8 Å². The number of nitrogens with zero attached hydrogens (tertiary/aromatic N) is 1. The zero-order chi connectivity index (χ0) is 12.7. The molecule has 0 saturated heterocycles. The van der Waals surface area contributed by atoms with Crippen molar-refractivity contribution < 1.29 is 0 Å². The lowest BCUT2D eigenvalue weighted by molar-refractivity contribution is 1.07. The first kappa shape index (κ1) is 11.5. The smallest absolute Gasteiger partial charge is 0.182 e. The van der Waals surface area contributed by atoms with Gasteiger partial charge in [0.1, 0.15) is 0 Å². The fourth-order valence-electron chi connectivity index (χ4n) is 2.10. The average molecular weight is 275 g/mol. The van der Waals surface area contributed by atoms with E-state index in [1.165, 1.54) is 5.56 Å². The number of benzene rings is 2. The van der Waals surface area contributed by atoms with Gasteiger partial charge in [0.15, 0.2) is 4.77 Å². The molecule has 0 aliphatic carbocycles. The summed E-state index contributed by atoms with van der Waals surface area (Å²) in [5.41, 5.74) is 4.17. The largest absolute Gasteiger partial charge is 0.330 e. The molecule has 0 atom stereocenters. The van der Waals surface area contributed by atoms with E-state index in [2.05, 4.69) is 30.1 Å². The molecule has 0 aliphatic rings. The maximum absolute atomic E-state index is 6.24. The third kappa shape index (κ3) is 1.76. The molecule has 1 aromatic heterocycles.